The summed E-state index contributed by atoms with van der Waals surface area (Å²) in [5.74, 6) is -2.03. The smallest absolute Gasteiger partial charge is 0.361 e. The number of unbranched alkanes of at least 4 members (excludes halogenated alkanes) is 31. The van der Waals surface area contributed by atoms with Gasteiger partial charge < -0.3 is 28.5 Å². The lowest BCUT2D eigenvalue weighted by molar-refractivity contribution is -0.870. The third-order valence-electron chi connectivity index (χ3n) is 16.8. The van der Waals surface area contributed by atoms with Crippen molar-refractivity contribution < 1.29 is 42.9 Å². The Morgan fingerprint density at radius 2 is 0.557 bits per heavy atom. The van der Waals surface area contributed by atoms with E-state index in [1.54, 1.807) is 0 Å². The molecule has 0 heterocycles. The van der Waals surface area contributed by atoms with E-state index in [0.717, 1.165) is 135 Å². The molecule has 0 saturated carbocycles. The van der Waals surface area contributed by atoms with Crippen molar-refractivity contribution in [2.75, 3.05) is 47.5 Å². The highest BCUT2D eigenvalue weighted by molar-refractivity contribution is 5.71. The van der Waals surface area contributed by atoms with Crippen LogP contribution in [0.5, 0.6) is 0 Å². The molecule has 0 aliphatic carbocycles. The highest BCUT2D eigenvalue weighted by Crippen LogP contribution is 2.18. The molecule has 9 nitrogen and oxygen atoms in total. The fraction of sp³-hybridized carbons (Fsp3) is 0.670. The van der Waals surface area contributed by atoms with E-state index in [2.05, 4.69) is 172 Å². The summed E-state index contributed by atoms with van der Waals surface area (Å²) in [7, 11) is 5.97. The molecule has 0 aliphatic heterocycles. The van der Waals surface area contributed by atoms with Crippen LogP contribution in [-0.4, -0.2) is 87.4 Å². The Morgan fingerprint density at radius 1 is 0.309 bits per heavy atom. The molecule has 0 fully saturated rings. The molecule has 552 valence electrons. The minimum Gasteiger partial charge on any atom is -0.477 e. The number of aliphatic carboxylic acids is 1. The fourth-order valence-corrected chi connectivity index (χ4v) is 10.8. The van der Waals surface area contributed by atoms with Gasteiger partial charge in [0, 0.05) is 12.8 Å². The highest BCUT2D eigenvalue weighted by Gasteiger charge is 2.25. The zero-order valence-corrected chi connectivity index (χ0v) is 63.2. The molecule has 0 rings (SSSR count). The average molecular weight is 1350 g/mol. The summed E-state index contributed by atoms with van der Waals surface area (Å²) in [6.45, 7) is 4.64. The first-order valence-corrected chi connectivity index (χ1v) is 39.6. The molecule has 0 aromatic rings. The molecular formula is C88H148NO8+. The summed E-state index contributed by atoms with van der Waals surface area (Å²) in [5.41, 5.74) is 0. The van der Waals surface area contributed by atoms with Crippen LogP contribution in [0.15, 0.2) is 158 Å². The molecule has 9 heteroatoms. The summed E-state index contributed by atoms with van der Waals surface area (Å²) in [6, 6.07) is 0. The third kappa shape index (κ3) is 78.1. The quantitative estimate of drug-likeness (QED) is 0.0211. The van der Waals surface area contributed by atoms with Gasteiger partial charge in [-0.25, -0.2) is 4.79 Å². The third-order valence-corrected chi connectivity index (χ3v) is 16.8. The van der Waals surface area contributed by atoms with Crippen molar-refractivity contribution in [2.45, 2.75) is 334 Å². The van der Waals surface area contributed by atoms with Crippen molar-refractivity contribution in [3.05, 3.63) is 158 Å². The number of hydrogen-bond donors (Lipinski definition) is 1. The van der Waals surface area contributed by atoms with Crippen LogP contribution in [0.4, 0.5) is 0 Å². The van der Waals surface area contributed by atoms with Crippen molar-refractivity contribution in [3.63, 3.8) is 0 Å². The number of carboxylic acid groups (broad SMARTS) is 1. The maximum Gasteiger partial charge on any atom is 0.361 e. The Bertz CT molecular complexity index is 2160. The predicted molar refractivity (Wildman–Crippen MR) is 419 cm³/mol. The summed E-state index contributed by atoms with van der Waals surface area (Å²) in [6.07, 6.45) is 111. The molecule has 0 aromatic heterocycles. The standard InChI is InChI=1S/C88H147NO8/c1-6-8-10-12-14-16-18-20-22-24-26-28-30-32-34-36-38-40-41-42-43-44-45-47-48-50-52-54-56-58-60-62-64-66-68-70-72-74-76-78-85(90)95-82-84(83-96-88(87(92)93)94-81-80-89(3,4)5)97-86(91)79-77-75-73-71-69-67-65-63-61-59-57-55-53-51-49-46-39-37-35-33-31-29-27-25-23-21-19-17-15-13-11-9-7-2/h8-11,14-17,20-23,26-29,33,35,39,46,51,53,57,59,63,65,84,88H,6-7,12-13,18-19,24-25,30-32,34,36-38,40-45,47-50,52,54-56,58,60-62,64,66-83H2,1-5H3/p+1/b10-8-,11-9-,16-14-,17-15-,22-20-,23-21-,28-26-,29-27-,35-33-,46-39-,53-51-,59-57-,65-63-. The number of rotatable bonds is 72. The number of carbonyl (C=O) groups excluding carboxylic acids is 2. The molecule has 0 bridgehead atoms. The average Bonchev–Trinajstić information content (AvgIpc) is 2.59. The second-order valence-corrected chi connectivity index (χ2v) is 27.3. The van der Waals surface area contributed by atoms with Crippen molar-refractivity contribution in [2.24, 2.45) is 0 Å². The molecule has 97 heavy (non-hydrogen) atoms. The van der Waals surface area contributed by atoms with E-state index in [1.165, 1.54) is 154 Å². The number of esters is 2. The Morgan fingerprint density at radius 3 is 0.825 bits per heavy atom. The fourth-order valence-electron chi connectivity index (χ4n) is 10.8. The number of carboxylic acids is 1. The van der Waals surface area contributed by atoms with Gasteiger partial charge in [-0.05, 0) is 122 Å². The van der Waals surface area contributed by atoms with E-state index in [4.69, 9.17) is 18.9 Å². The van der Waals surface area contributed by atoms with Crippen LogP contribution in [0.1, 0.15) is 322 Å². The minimum atomic E-state index is -1.53. The largest absolute Gasteiger partial charge is 0.477 e. The van der Waals surface area contributed by atoms with Crippen molar-refractivity contribution >= 4 is 17.9 Å². The number of likely N-dealkylation sites (N-methyl/N-ethyl adjacent to an activating group) is 1. The summed E-state index contributed by atoms with van der Waals surface area (Å²) >= 11 is 0. The first-order valence-electron chi connectivity index (χ1n) is 39.6. The summed E-state index contributed by atoms with van der Waals surface area (Å²) < 4.78 is 23.0. The number of nitrogens with zero attached hydrogens (tertiary/aromatic N) is 1. The lowest BCUT2D eigenvalue weighted by atomic mass is 10.0. The molecular weight excluding hydrogens is 1200 g/mol. The van der Waals surface area contributed by atoms with Crippen LogP contribution in [0, 0.1) is 0 Å². The molecule has 0 aliphatic rings. The molecule has 0 amide bonds. The molecule has 1 N–H and O–H groups in total. The van der Waals surface area contributed by atoms with E-state index >= 15 is 0 Å². The van der Waals surface area contributed by atoms with Gasteiger partial charge in [-0.1, -0.05) is 345 Å². The topological polar surface area (TPSA) is 108 Å². The first kappa shape index (κ1) is 91.9. The Kier molecular flexibility index (Phi) is 72.6. The van der Waals surface area contributed by atoms with E-state index in [-0.39, 0.29) is 32.2 Å². The van der Waals surface area contributed by atoms with E-state index in [0.29, 0.717) is 23.9 Å². The van der Waals surface area contributed by atoms with Gasteiger partial charge >= 0.3 is 17.9 Å². The zero-order valence-electron chi connectivity index (χ0n) is 63.2. The van der Waals surface area contributed by atoms with Gasteiger partial charge in [-0.15, -0.1) is 0 Å². The second-order valence-electron chi connectivity index (χ2n) is 27.3. The lowest BCUT2D eigenvalue weighted by Gasteiger charge is -2.25. The maximum atomic E-state index is 13.0. The van der Waals surface area contributed by atoms with Gasteiger partial charge in [0.25, 0.3) is 6.29 Å². The van der Waals surface area contributed by atoms with Gasteiger partial charge in [0.15, 0.2) is 6.10 Å². The molecule has 2 unspecified atom stereocenters. The number of quaternary nitrogens is 1. The summed E-state index contributed by atoms with van der Waals surface area (Å²) in [5, 5.41) is 9.77. The monoisotopic (exact) mass is 1350 g/mol. The number of allylic oxidation sites excluding steroid dienone is 26. The maximum absolute atomic E-state index is 13.0. The number of hydrogen-bond acceptors (Lipinski definition) is 7. The Hall–Kier alpha value is -5.09. The van der Waals surface area contributed by atoms with Crippen molar-refractivity contribution in [1.29, 1.82) is 0 Å². The van der Waals surface area contributed by atoms with E-state index in [1.807, 2.05) is 21.1 Å². The zero-order chi connectivity index (χ0) is 70.4. The number of ether oxygens (including phenoxy) is 4. The lowest BCUT2D eigenvalue weighted by Crippen LogP contribution is -2.40. The van der Waals surface area contributed by atoms with Crippen LogP contribution in [0.3, 0.4) is 0 Å². The first-order chi connectivity index (χ1) is 47.6. The SMILES string of the molecule is CC/C=C\C/C=C\C/C=C\C/C=C\C/C=C\C/C=C\C/C=C\C/C=C\C/C=C\CCCCCCCC(=O)OC(COC(=O)CCCCCCCCCCCCCCCCCCCCCCCCCCCC/C=C\C/C=C\C/C=C\C/C=C\CC)COC(OCC[N+](C)(C)C)C(=O)O. The van der Waals surface area contributed by atoms with Crippen LogP contribution in [0.25, 0.3) is 0 Å². The Labute approximate surface area is 597 Å². The molecule has 0 spiro atoms. The van der Waals surface area contributed by atoms with E-state index in [9.17, 15) is 19.5 Å². The van der Waals surface area contributed by atoms with Gasteiger partial charge in [0.05, 0.1) is 34.4 Å². The highest BCUT2D eigenvalue weighted by atomic mass is 16.7. The minimum absolute atomic E-state index is 0.177. The van der Waals surface area contributed by atoms with Gasteiger partial charge in [-0.3, -0.25) is 9.59 Å². The Balaban J connectivity index is 4.08. The molecule has 2 atom stereocenters. The predicted octanol–water partition coefficient (Wildman–Crippen LogP) is 25.6. The molecule has 0 aromatic carbocycles. The van der Waals surface area contributed by atoms with Crippen molar-refractivity contribution in [1.82, 2.24) is 0 Å². The van der Waals surface area contributed by atoms with Crippen LogP contribution >= 0.6 is 0 Å². The van der Waals surface area contributed by atoms with Gasteiger partial charge in [0.1, 0.15) is 13.2 Å². The second kappa shape index (κ2) is 76.7. The van der Waals surface area contributed by atoms with Gasteiger partial charge in [-0.2, -0.15) is 0 Å². The molecule has 0 radical (unpaired) electrons. The normalized spacial score (nSPS) is 13.5. The van der Waals surface area contributed by atoms with Crippen molar-refractivity contribution in [3.8, 4) is 0 Å². The van der Waals surface area contributed by atoms with Crippen LogP contribution in [0.2, 0.25) is 0 Å². The van der Waals surface area contributed by atoms with Crippen LogP contribution < -0.4 is 0 Å². The summed E-state index contributed by atoms with van der Waals surface area (Å²) in [4.78, 5) is 37.7. The van der Waals surface area contributed by atoms with Crippen LogP contribution in [-0.2, 0) is 33.3 Å². The number of carbonyl (C=O) groups is 3. The van der Waals surface area contributed by atoms with E-state index < -0.39 is 24.3 Å². The molecule has 0 saturated heterocycles. The van der Waals surface area contributed by atoms with Gasteiger partial charge in [0.2, 0.25) is 0 Å².